The fourth-order valence-corrected chi connectivity index (χ4v) is 4.85. The first-order valence-corrected chi connectivity index (χ1v) is 10.5. The molecule has 4 nitrogen and oxygen atoms in total. The second kappa shape index (κ2) is 8.95. The van der Waals surface area contributed by atoms with Crippen LogP contribution in [0, 0.1) is 0 Å². The smallest absolute Gasteiger partial charge is 0.226 e. The summed E-state index contributed by atoms with van der Waals surface area (Å²) < 4.78 is 0. The summed E-state index contributed by atoms with van der Waals surface area (Å²) in [6.07, 6.45) is 8.16. The van der Waals surface area contributed by atoms with Crippen LogP contribution in [0.1, 0.15) is 44.9 Å². The Balaban J connectivity index is 1.54. The van der Waals surface area contributed by atoms with Crippen molar-refractivity contribution < 1.29 is 4.79 Å². The number of aliphatic imine (C=N–C) groups is 1. The second-order valence-electron chi connectivity index (χ2n) is 6.90. The quantitative estimate of drug-likeness (QED) is 0.764. The molecule has 3 rings (SSSR count). The summed E-state index contributed by atoms with van der Waals surface area (Å²) in [5.41, 5.74) is 0.748. The summed E-state index contributed by atoms with van der Waals surface area (Å²) >= 11 is 7.75. The summed E-state index contributed by atoms with van der Waals surface area (Å²) in [5.74, 6) is 0.945. The highest BCUT2D eigenvalue weighted by atomic mass is 35.5. The van der Waals surface area contributed by atoms with Gasteiger partial charge in [-0.1, -0.05) is 55.1 Å². The van der Waals surface area contributed by atoms with Crippen molar-refractivity contribution in [1.82, 2.24) is 4.90 Å². The van der Waals surface area contributed by atoms with Crippen molar-refractivity contribution in [3.05, 3.63) is 29.3 Å². The Labute approximate surface area is 159 Å². The summed E-state index contributed by atoms with van der Waals surface area (Å²) in [6, 6.07) is 7.93. The highest BCUT2D eigenvalue weighted by molar-refractivity contribution is 8.14. The van der Waals surface area contributed by atoms with Gasteiger partial charge in [0, 0.05) is 36.0 Å². The van der Waals surface area contributed by atoms with Crippen molar-refractivity contribution in [3.8, 4) is 0 Å². The summed E-state index contributed by atoms with van der Waals surface area (Å²) in [5, 5.41) is 4.67. The van der Waals surface area contributed by atoms with Crippen molar-refractivity contribution in [2.24, 2.45) is 4.99 Å². The average Bonchev–Trinajstić information content (AvgIpc) is 2.78. The molecule has 0 radical (unpaired) electrons. The van der Waals surface area contributed by atoms with E-state index in [1.807, 2.05) is 12.1 Å². The van der Waals surface area contributed by atoms with E-state index in [2.05, 4.69) is 17.3 Å². The van der Waals surface area contributed by atoms with Crippen LogP contribution >= 0.6 is 23.4 Å². The summed E-state index contributed by atoms with van der Waals surface area (Å²) in [4.78, 5) is 19.5. The van der Waals surface area contributed by atoms with Crippen molar-refractivity contribution in [2.75, 3.05) is 18.1 Å². The lowest BCUT2D eigenvalue weighted by Crippen LogP contribution is -2.34. The number of benzene rings is 1. The van der Waals surface area contributed by atoms with Gasteiger partial charge < -0.3 is 10.2 Å². The van der Waals surface area contributed by atoms with Gasteiger partial charge in [-0.3, -0.25) is 9.79 Å². The number of halogens is 1. The highest BCUT2D eigenvalue weighted by Gasteiger charge is 2.29. The molecule has 1 aromatic rings. The Morgan fingerprint density at radius 1 is 1.32 bits per heavy atom. The molecule has 1 aliphatic carbocycles. The zero-order valence-electron chi connectivity index (χ0n) is 14.7. The van der Waals surface area contributed by atoms with Gasteiger partial charge in [-0.2, -0.15) is 0 Å². The number of anilines is 1. The first-order valence-electron chi connectivity index (χ1n) is 9.10. The van der Waals surface area contributed by atoms with Crippen molar-refractivity contribution in [3.63, 3.8) is 0 Å². The van der Waals surface area contributed by atoms with Crippen molar-refractivity contribution in [2.45, 2.75) is 57.0 Å². The van der Waals surface area contributed by atoms with E-state index < -0.39 is 0 Å². The molecule has 2 fully saturated rings. The third-order valence-corrected chi connectivity index (χ3v) is 6.34. The summed E-state index contributed by atoms with van der Waals surface area (Å²) in [6.45, 7) is 0. The molecule has 1 N–H and O–H groups in total. The molecule has 1 saturated heterocycles. The standard InChI is InChI=1S/C19H26ClN3OS/c1-23-17(12-18(24)21-16-10-6-7-14(20)11-16)13-25-19(23)22-15-8-4-2-3-5-9-15/h6-7,10-11,15,17H,2-5,8-9,12-13H2,1H3,(H,21,24). The minimum atomic E-state index is 0.0235. The molecule has 25 heavy (non-hydrogen) atoms. The van der Waals surface area contributed by atoms with E-state index in [4.69, 9.17) is 16.6 Å². The maximum Gasteiger partial charge on any atom is 0.226 e. The fourth-order valence-electron chi connectivity index (χ4n) is 3.40. The van der Waals surface area contributed by atoms with Gasteiger partial charge in [0.25, 0.3) is 0 Å². The number of nitrogens with one attached hydrogen (secondary N) is 1. The molecule has 1 aromatic carbocycles. The van der Waals surface area contributed by atoms with Crippen LogP contribution in [0.15, 0.2) is 29.3 Å². The molecule has 6 heteroatoms. The number of carbonyl (C=O) groups excluding carboxylic acids is 1. The maximum atomic E-state index is 12.3. The number of thioether (sulfide) groups is 1. The molecule has 1 aliphatic heterocycles. The van der Waals surface area contributed by atoms with Gasteiger partial charge in [0.05, 0.1) is 6.04 Å². The van der Waals surface area contributed by atoms with E-state index in [0.29, 0.717) is 17.5 Å². The van der Waals surface area contributed by atoms with Crippen molar-refractivity contribution >= 4 is 40.1 Å². The maximum absolute atomic E-state index is 12.3. The van der Waals surface area contributed by atoms with Crippen LogP contribution in [0.4, 0.5) is 5.69 Å². The van der Waals surface area contributed by atoms with Gasteiger partial charge in [-0.05, 0) is 31.0 Å². The van der Waals surface area contributed by atoms with E-state index in [9.17, 15) is 4.79 Å². The predicted octanol–water partition coefficient (Wildman–Crippen LogP) is 4.79. The molecule has 0 bridgehead atoms. The largest absolute Gasteiger partial charge is 0.350 e. The fraction of sp³-hybridized carbons (Fsp3) is 0.579. The number of nitrogens with zero attached hydrogens (tertiary/aromatic N) is 2. The van der Waals surface area contributed by atoms with E-state index in [1.165, 1.54) is 38.5 Å². The number of hydrogen-bond acceptors (Lipinski definition) is 3. The van der Waals surface area contributed by atoms with Crippen molar-refractivity contribution in [1.29, 1.82) is 0 Å². The molecule has 0 spiro atoms. The minimum absolute atomic E-state index is 0.0235. The summed E-state index contributed by atoms with van der Waals surface area (Å²) in [7, 11) is 2.06. The molecule has 1 atom stereocenters. The molecule has 2 aliphatic rings. The van der Waals surface area contributed by atoms with Gasteiger partial charge in [-0.15, -0.1) is 0 Å². The zero-order chi connectivity index (χ0) is 17.6. The van der Waals surface area contributed by atoms with Gasteiger partial charge in [0.15, 0.2) is 5.17 Å². The third kappa shape index (κ3) is 5.38. The lowest BCUT2D eigenvalue weighted by Gasteiger charge is -2.21. The van der Waals surface area contributed by atoms with Crippen LogP contribution < -0.4 is 5.32 Å². The first-order chi connectivity index (χ1) is 12.1. The predicted molar refractivity (Wildman–Crippen MR) is 108 cm³/mol. The minimum Gasteiger partial charge on any atom is -0.350 e. The molecule has 0 aromatic heterocycles. The van der Waals surface area contributed by atoms with E-state index in [1.54, 1.807) is 23.9 Å². The van der Waals surface area contributed by atoms with Crippen LogP contribution in [0.5, 0.6) is 0 Å². The Morgan fingerprint density at radius 3 is 2.80 bits per heavy atom. The topological polar surface area (TPSA) is 44.7 Å². The Hall–Kier alpha value is -1.20. The van der Waals surface area contributed by atoms with Crippen LogP contribution in [-0.2, 0) is 4.79 Å². The van der Waals surface area contributed by atoms with Crippen LogP contribution in [0.3, 0.4) is 0 Å². The molecule has 1 unspecified atom stereocenters. The average molecular weight is 380 g/mol. The monoisotopic (exact) mass is 379 g/mol. The molecular weight excluding hydrogens is 354 g/mol. The number of hydrogen-bond donors (Lipinski definition) is 1. The number of amidine groups is 1. The van der Waals surface area contributed by atoms with E-state index >= 15 is 0 Å². The lowest BCUT2D eigenvalue weighted by atomic mass is 10.1. The molecule has 1 saturated carbocycles. The van der Waals surface area contributed by atoms with Gasteiger partial charge in [0.2, 0.25) is 5.91 Å². The molecule has 1 heterocycles. The Kier molecular flexibility index (Phi) is 6.65. The number of rotatable bonds is 4. The van der Waals surface area contributed by atoms with Gasteiger partial charge in [-0.25, -0.2) is 0 Å². The molecule has 136 valence electrons. The first kappa shape index (κ1) is 18.6. The number of carbonyl (C=O) groups is 1. The normalized spacial score (nSPS) is 23.7. The third-order valence-electron chi connectivity index (χ3n) is 4.90. The van der Waals surface area contributed by atoms with Crippen LogP contribution in [0.2, 0.25) is 5.02 Å². The van der Waals surface area contributed by atoms with Crippen LogP contribution in [0.25, 0.3) is 0 Å². The second-order valence-corrected chi connectivity index (χ2v) is 8.32. The highest BCUT2D eigenvalue weighted by Crippen LogP contribution is 2.28. The SMILES string of the molecule is CN1C(=NC2CCCCCC2)SCC1CC(=O)Nc1cccc(Cl)c1. The number of amides is 1. The zero-order valence-corrected chi connectivity index (χ0v) is 16.3. The molecule has 1 amide bonds. The Morgan fingerprint density at radius 2 is 2.08 bits per heavy atom. The van der Waals surface area contributed by atoms with Gasteiger partial charge in [0.1, 0.15) is 0 Å². The van der Waals surface area contributed by atoms with E-state index in [-0.39, 0.29) is 11.9 Å². The van der Waals surface area contributed by atoms with Gasteiger partial charge >= 0.3 is 0 Å². The van der Waals surface area contributed by atoms with Crippen LogP contribution in [-0.4, -0.2) is 40.9 Å². The lowest BCUT2D eigenvalue weighted by molar-refractivity contribution is -0.116. The van der Waals surface area contributed by atoms with E-state index in [0.717, 1.165) is 16.6 Å². The molecular formula is C19H26ClN3OS. The Bertz CT molecular complexity index is 629.